The van der Waals surface area contributed by atoms with E-state index in [4.69, 9.17) is 0 Å². The number of rotatable bonds is 0. The molecule has 2 unspecified atom stereocenters. The summed E-state index contributed by atoms with van der Waals surface area (Å²) in [5, 5.41) is 3.37. The van der Waals surface area contributed by atoms with Gasteiger partial charge < -0.3 is 5.32 Å². The first kappa shape index (κ1) is 7.53. The van der Waals surface area contributed by atoms with Gasteiger partial charge in [-0.25, -0.2) is 0 Å². The van der Waals surface area contributed by atoms with Crippen molar-refractivity contribution in [2.45, 2.75) is 14.3 Å². The third kappa shape index (κ3) is 2.34. The van der Waals surface area contributed by atoms with Crippen molar-refractivity contribution in [3.63, 3.8) is 0 Å². The van der Waals surface area contributed by atoms with Gasteiger partial charge in [0.05, 0.1) is 0 Å². The summed E-state index contributed by atoms with van der Waals surface area (Å²) in [5.41, 5.74) is 0. The molecule has 48 valence electrons. The van der Waals surface area contributed by atoms with Crippen LogP contribution in [0.1, 0.15) is 6.42 Å². The third-order valence-corrected chi connectivity index (χ3v) is 3.14. The van der Waals surface area contributed by atoms with Crippen LogP contribution in [0, 0.1) is 0 Å². The van der Waals surface area contributed by atoms with E-state index in [1.165, 1.54) is 19.5 Å². The van der Waals surface area contributed by atoms with Gasteiger partial charge in [0.1, 0.15) is 0 Å². The summed E-state index contributed by atoms with van der Waals surface area (Å²) in [6.45, 7) is 2.42. The Morgan fingerprint density at radius 3 is 1.88 bits per heavy atom. The van der Waals surface area contributed by atoms with Gasteiger partial charge in [-0.15, -0.1) is 0 Å². The zero-order valence-corrected chi connectivity index (χ0v) is 8.85. The lowest BCUT2D eigenvalue weighted by molar-refractivity contribution is 0.566. The highest BCUT2D eigenvalue weighted by atomic mass is 127. The van der Waals surface area contributed by atoms with E-state index in [9.17, 15) is 0 Å². The van der Waals surface area contributed by atoms with E-state index in [-0.39, 0.29) is 0 Å². The number of halogens is 2. The Labute approximate surface area is 77.3 Å². The molecule has 0 radical (unpaired) electrons. The number of hydrogen-bond acceptors (Lipinski definition) is 1. The molecule has 1 aliphatic heterocycles. The highest BCUT2D eigenvalue weighted by Crippen LogP contribution is 2.17. The van der Waals surface area contributed by atoms with Gasteiger partial charge in [-0.3, -0.25) is 0 Å². The van der Waals surface area contributed by atoms with E-state index in [1.54, 1.807) is 0 Å². The van der Waals surface area contributed by atoms with E-state index in [0.717, 1.165) is 7.85 Å². The summed E-state index contributed by atoms with van der Waals surface area (Å²) < 4.78 is 1.73. The second-order valence-electron chi connectivity index (χ2n) is 2.09. The molecule has 1 nitrogen and oxygen atoms in total. The van der Waals surface area contributed by atoms with Crippen molar-refractivity contribution in [3.8, 4) is 0 Å². The van der Waals surface area contributed by atoms with Crippen molar-refractivity contribution in [1.29, 1.82) is 0 Å². The first-order valence-electron chi connectivity index (χ1n) is 2.78. The minimum atomic E-state index is 0.864. The van der Waals surface area contributed by atoms with Crippen molar-refractivity contribution in [2.75, 3.05) is 13.1 Å². The maximum absolute atomic E-state index is 3.37. The molecule has 8 heavy (non-hydrogen) atoms. The van der Waals surface area contributed by atoms with Crippen molar-refractivity contribution in [2.24, 2.45) is 0 Å². The van der Waals surface area contributed by atoms with Gasteiger partial charge in [0.15, 0.2) is 0 Å². The maximum Gasteiger partial charge on any atom is 0.0245 e. The van der Waals surface area contributed by atoms with E-state index in [0.29, 0.717) is 0 Å². The highest BCUT2D eigenvalue weighted by Gasteiger charge is 2.15. The van der Waals surface area contributed by atoms with Crippen molar-refractivity contribution in [3.05, 3.63) is 0 Å². The molecule has 0 spiro atoms. The minimum Gasteiger partial charge on any atom is -0.315 e. The van der Waals surface area contributed by atoms with Gasteiger partial charge in [0, 0.05) is 20.9 Å². The molecule has 1 aliphatic rings. The lowest BCUT2D eigenvalue weighted by Gasteiger charge is -2.21. The maximum atomic E-state index is 3.37. The summed E-state index contributed by atoms with van der Waals surface area (Å²) in [4.78, 5) is 0. The molecular weight excluding hydrogens is 328 g/mol. The zero-order chi connectivity index (χ0) is 5.98. The minimum absolute atomic E-state index is 0.864. The normalized spacial score (nSPS) is 39.8. The topological polar surface area (TPSA) is 12.0 Å². The van der Waals surface area contributed by atoms with E-state index in [1.807, 2.05) is 0 Å². The second-order valence-corrected chi connectivity index (χ2v) is 5.61. The average molecular weight is 337 g/mol. The Kier molecular flexibility index (Phi) is 3.34. The second kappa shape index (κ2) is 3.55. The number of alkyl halides is 2. The van der Waals surface area contributed by atoms with Gasteiger partial charge in [0.2, 0.25) is 0 Å². The van der Waals surface area contributed by atoms with Crippen molar-refractivity contribution in [1.82, 2.24) is 5.32 Å². The van der Waals surface area contributed by atoms with E-state index < -0.39 is 0 Å². The molecule has 1 fully saturated rings. The molecule has 1 saturated heterocycles. The Bertz CT molecular complexity index is 68.8. The number of nitrogens with one attached hydrogen (secondary N) is 1. The first-order valence-corrected chi connectivity index (χ1v) is 5.27. The monoisotopic (exact) mass is 337 g/mol. The standard InChI is InChI=1S/C5H9I2N/c6-4-1-5(7)3-8-2-4/h4-5,8H,1-3H2. The van der Waals surface area contributed by atoms with Crippen LogP contribution in [0.25, 0.3) is 0 Å². The summed E-state index contributed by atoms with van der Waals surface area (Å²) in [5.74, 6) is 0. The molecule has 2 atom stereocenters. The molecule has 0 aromatic carbocycles. The van der Waals surface area contributed by atoms with Gasteiger partial charge in [-0.1, -0.05) is 45.2 Å². The average Bonchev–Trinajstić information content (AvgIpc) is 1.64. The van der Waals surface area contributed by atoms with Crippen molar-refractivity contribution >= 4 is 45.2 Å². The summed E-state index contributed by atoms with van der Waals surface area (Å²) >= 11 is 5.01. The number of hydrogen-bond donors (Lipinski definition) is 1. The fraction of sp³-hybridized carbons (Fsp3) is 1.00. The number of piperidine rings is 1. The van der Waals surface area contributed by atoms with Crippen LogP contribution in [0.15, 0.2) is 0 Å². The quantitative estimate of drug-likeness (QED) is 0.523. The molecule has 1 N–H and O–H groups in total. The van der Waals surface area contributed by atoms with Crippen LogP contribution in [0.5, 0.6) is 0 Å². The zero-order valence-electron chi connectivity index (χ0n) is 4.53. The Morgan fingerprint density at radius 1 is 1.12 bits per heavy atom. The lowest BCUT2D eigenvalue weighted by Crippen LogP contribution is -2.36. The molecular formula is C5H9I2N. The Balaban J connectivity index is 2.23. The van der Waals surface area contributed by atoms with Crippen molar-refractivity contribution < 1.29 is 0 Å². The molecule has 0 aliphatic carbocycles. The predicted molar refractivity (Wildman–Crippen MR) is 53.1 cm³/mol. The predicted octanol–water partition coefficient (Wildman–Crippen LogP) is 1.59. The Morgan fingerprint density at radius 2 is 1.62 bits per heavy atom. The molecule has 0 bridgehead atoms. The van der Waals surface area contributed by atoms with Crippen LogP contribution in [0.3, 0.4) is 0 Å². The molecule has 0 amide bonds. The highest BCUT2D eigenvalue weighted by molar-refractivity contribution is 14.1. The lowest BCUT2D eigenvalue weighted by atomic mass is 10.2. The molecule has 1 heterocycles. The molecule has 1 rings (SSSR count). The third-order valence-electron chi connectivity index (χ3n) is 1.24. The smallest absolute Gasteiger partial charge is 0.0245 e. The molecule has 0 aromatic rings. The van der Waals surface area contributed by atoms with E-state index in [2.05, 4.69) is 50.5 Å². The van der Waals surface area contributed by atoms with Crippen LogP contribution < -0.4 is 5.32 Å². The summed E-state index contributed by atoms with van der Waals surface area (Å²) in [6.07, 6.45) is 1.38. The van der Waals surface area contributed by atoms with Crippen LogP contribution in [-0.2, 0) is 0 Å². The first-order chi connectivity index (χ1) is 3.79. The van der Waals surface area contributed by atoms with Gasteiger partial charge in [-0.05, 0) is 6.42 Å². The SMILES string of the molecule is IC1CNCC(I)C1. The van der Waals surface area contributed by atoms with Crippen LogP contribution in [-0.4, -0.2) is 20.9 Å². The fourth-order valence-electron chi connectivity index (χ4n) is 0.841. The summed E-state index contributed by atoms with van der Waals surface area (Å²) in [6, 6.07) is 0. The van der Waals surface area contributed by atoms with Gasteiger partial charge in [0.25, 0.3) is 0 Å². The largest absolute Gasteiger partial charge is 0.315 e. The van der Waals surface area contributed by atoms with Gasteiger partial charge >= 0.3 is 0 Å². The Hall–Kier alpha value is 1.42. The van der Waals surface area contributed by atoms with Crippen LogP contribution >= 0.6 is 45.2 Å². The van der Waals surface area contributed by atoms with E-state index >= 15 is 0 Å². The molecule has 0 aromatic heterocycles. The summed E-state index contributed by atoms with van der Waals surface area (Å²) in [7, 11) is 0. The molecule has 0 saturated carbocycles. The van der Waals surface area contributed by atoms with Gasteiger partial charge in [-0.2, -0.15) is 0 Å². The fourth-order valence-corrected chi connectivity index (χ4v) is 3.66. The van der Waals surface area contributed by atoms with Crippen LogP contribution in [0.2, 0.25) is 0 Å². The molecule has 3 heteroatoms. The van der Waals surface area contributed by atoms with Crippen LogP contribution in [0.4, 0.5) is 0 Å².